The van der Waals surface area contributed by atoms with E-state index in [-0.39, 0.29) is 0 Å². The molecular weight excluding hydrogens is 259 g/mol. The van der Waals surface area contributed by atoms with Gasteiger partial charge in [0.15, 0.2) is 0 Å². The van der Waals surface area contributed by atoms with E-state index in [0.29, 0.717) is 15.0 Å². The van der Waals surface area contributed by atoms with Crippen molar-refractivity contribution in [3.05, 3.63) is 70.7 Å². The topological polar surface area (TPSA) is 0 Å². The molecule has 2 aromatic rings. The van der Waals surface area contributed by atoms with Crippen LogP contribution >= 0.6 is 0 Å². The van der Waals surface area contributed by atoms with Crippen LogP contribution in [0.15, 0.2) is 59.6 Å². The molecular formula is C15H14Se. The van der Waals surface area contributed by atoms with Gasteiger partial charge in [-0.25, -0.2) is 0 Å². The molecule has 0 saturated heterocycles. The van der Waals surface area contributed by atoms with Crippen LogP contribution in [0.5, 0.6) is 0 Å². The van der Waals surface area contributed by atoms with Gasteiger partial charge in [0.2, 0.25) is 0 Å². The van der Waals surface area contributed by atoms with Crippen molar-refractivity contribution in [3.8, 4) is 0 Å². The van der Waals surface area contributed by atoms with Gasteiger partial charge >= 0.3 is 103 Å². The Morgan fingerprint density at radius 3 is 2.50 bits per heavy atom. The summed E-state index contributed by atoms with van der Waals surface area (Å²) in [7, 11) is 0. The van der Waals surface area contributed by atoms with Gasteiger partial charge in [-0.05, 0) is 0 Å². The van der Waals surface area contributed by atoms with Gasteiger partial charge < -0.3 is 0 Å². The van der Waals surface area contributed by atoms with Gasteiger partial charge in [-0.1, -0.05) is 0 Å². The Hall–Kier alpha value is -1.30. The van der Waals surface area contributed by atoms with E-state index in [1.165, 1.54) is 15.6 Å². The zero-order valence-corrected chi connectivity index (χ0v) is 11.0. The van der Waals surface area contributed by atoms with Crippen molar-refractivity contribution in [3.63, 3.8) is 0 Å². The van der Waals surface area contributed by atoms with Crippen molar-refractivity contribution in [1.82, 2.24) is 0 Å². The van der Waals surface area contributed by atoms with E-state index in [4.69, 9.17) is 0 Å². The van der Waals surface area contributed by atoms with Crippen molar-refractivity contribution < 1.29 is 0 Å². The summed E-state index contributed by atoms with van der Waals surface area (Å²) in [5.41, 5.74) is 2.60. The molecule has 0 nitrogen and oxygen atoms in total. The number of benzene rings is 2. The van der Waals surface area contributed by atoms with E-state index in [0.717, 1.165) is 0 Å². The van der Waals surface area contributed by atoms with Gasteiger partial charge in [0.25, 0.3) is 0 Å². The van der Waals surface area contributed by atoms with E-state index in [2.05, 4.69) is 72.6 Å². The summed E-state index contributed by atoms with van der Waals surface area (Å²) < 4.78 is 1.42. The Bertz CT molecular complexity index is 472. The molecule has 0 N–H and O–H groups in total. The van der Waals surface area contributed by atoms with E-state index >= 15 is 0 Å². The third-order valence-corrected chi connectivity index (χ3v) is 3.96. The predicted molar refractivity (Wildman–Crippen MR) is 72.0 cm³/mol. The van der Waals surface area contributed by atoms with Crippen molar-refractivity contribution >= 4 is 25.5 Å². The molecule has 0 atom stereocenters. The first-order valence-electron chi connectivity index (χ1n) is 5.29. The van der Waals surface area contributed by atoms with Gasteiger partial charge in [-0.3, -0.25) is 0 Å². The first kappa shape index (κ1) is 11.2. The number of hydrogen-bond donors (Lipinski definition) is 0. The standard InChI is InChI=1S/C15H14Se/c1-13-6-5-7-14(12-13)10-11-16-15-8-3-2-4-9-15/h2-12H,1H3/b11-10+. The second-order valence-corrected chi connectivity index (χ2v) is 5.70. The SMILES string of the molecule is Cc1cccc(/C=C/[Se]c2ccccc2)c1. The molecule has 0 aliphatic carbocycles. The molecule has 0 aromatic heterocycles. The van der Waals surface area contributed by atoms with Gasteiger partial charge in [0.05, 0.1) is 0 Å². The summed E-state index contributed by atoms with van der Waals surface area (Å²) in [5, 5.41) is 0. The predicted octanol–water partition coefficient (Wildman–Crippen LogP) is 3.00. The van der Waals surface area contributed by atoms with Gasteiger partial charge in [-0.15, -0.1) is 0 Å². The molecule has 0 saturated carbocycles. The third kappa shape index (κ3) is 3.37. The Labute approximate surface area is 103 Å². The molecule has 0 bridgehead atoms. The minimum atomic E-state index is 0.436. The molecule has 0 unspecified atom stereocenters. The van der Waals surface area contributed by atoms with Crippen molar-refractivity contribution in [2.45, 2.75) is 6.92 Å². The fraction of sp³-hybridized carbons (Fsp3) is 0.0667. The molecule has 0 radical (unpaired) electrons. The Morgan fingerprint density at radius 1 is 0.938 bits per heavy atom. The molecule has 1 heteroatoms. The molecule has 0 fully saturated rings. The average Bonchev–Trinajstić information content (AvgIpc) is 2.30. The first-order valence-corrected chi connectivity index (χ1v) is 7.14. The number of rotatable bonds is 3. The van der Waals surface area contributed by atoms with Crippen LogP contribution in [0.1, 0.15) is 11.1 Å². The monoisotopic (exact) mass is 274 g/mol. The summed E-state index contributed by atoms with van der Waals surface area (Å²) >= 11 is 0.436. The Kier molecular flexibility index (Phi) is 3.98. The molecule has 0 aliphatic heterocycles. The number of aryl methyl sites for hydroxylation is 1. The maximum atomic E-state index is 2.27. The molecule has 0 spiro atoms. The fourth-order valence-corrected chi connectivity index (χ4v) is 2.93. The summed E-state index contributed by atoms with van der Waals surface area (Å²) in [4.78, 5) is 2.27. The number of hydrogen-bond acceptors (Lipinski definition) is 0. The minimum absolute atomic E-state index is 0.436. The zero-order chi connectivity index (χ0) is 11.2. The zero-order valence-electron chi connectivity index (χ0n) is 9.26. The van der Waals surface area contributed by atoms with E-state index < -0.39 is 0 Å². The molecule has 2 rings (SSSR count). The molecule has 0 amide bonds. The third-order valence-electron chi connectivity index (χ3n) is 2.25. The van der Waals surface area contributed by atoms with Crippen LogP contribution < -0.4 is 4.46 Å². The van der Waals surface area contributed by atoms with Crippen molar-refractivity contribution in [2.24, 2.45) is 0 Å². The van der Waals surface area contributed by atoms with Gasteiger partial charge in [0.1, 0.15) is 0 Å². The molecule has 80 valence electrons. The van der Waals surface area contributed by atoms with Crippen LogP contribution in [0.3, 0.4) is 0 Å². The Morgan fingerprint density at radius 2 is 1.75 bits per heavy atom. The van der Waals surface area contributed by atoms with Crippen molar-refractivity contribution in [2.75, 3.05) is 0 Å². The molecule has 0 aliphatic rings. The van der Waals surface area contributed by atoms with Crippen LogP contribution in [0, 0.1) is 6.92 Å². The van der Waals surface area contributed by atoms with E-state index in [1.807, 2.05) is 0 Å². The van der Waals surface area contributed by atoms with E-state index in [9.17, 15) is 0 Å². The quantitative estimate of drug-likeness (QED) is 0.754. The fourth-order valence-electron chi connectivity index (χ4n) is 1.46. The molecule has 0 heterocycles. The maximum absolute atomic E-state index is 2.27. The average molecular weight is 273 g/mol. The normalized spacial score (nSPS) is 10.8. The van der Waals surface area contributed by atoms with Crippen LogP contribution in [0.4, 0.5) is 0 Å². The summed E-state index contributed by atoms with van der Waals surface area (Å²) in [6.45, 7) is 2.12. The molecule has 2 aromatic carbocycles. The van der Waals surface area contributed by atoms with Crippen LogP contribution in [-0.2, 0) is 0 Å². The van der Waals surface area contributed by atoms with Crippen LogP contribution in [0.25, 0.3) is 6.08 Å². The van der Waals surface area contributed by atoms with Crippen LogP contribution in [0.2, 0.25) is 0 Å². The summed E-state index contributed by atoms with van der Waals surface area (Å²) in [6.07, 6.45) is 2.21. The second-order valence-electron chi connectivity index (χ2n) is 3.65. The van der Waals surface area contributed by atoms with Gasteiger partial charge in [0, 0.05) is 0 Å². The van der Waals surface area contributed by atoms with E-state index in [1.54, 1.807) is 0 Å². The van der Waals surface area contributed by atoms with Crippen LogP contribution in [-0.4, -0.2) is 15.0 Å². The molecule has 16 heavy (non-hydrogen) atoms. The van der Waals surface area contributed by atoms with Crippen molar-refractivity contribution in [1.29, 1.82) is 0 Å². The summed E-state index contributed by atoms with van der Waals surface area (Å²) in [5.74, 6) is 0. The second kappa shape index (κ2) is 5.69. The summed E-state index contributed by atoms with van der Waals surface area (Å²) in [6, 6.07) is 19.2. The van der Waals surface area contributed by atoms with Gasteiger partial charge in [-0.2, -0.15) is 0 Å². The first-order chi connectivity index (χ1) is 7.84. The Balaban J connectivity index is 2.00.